The maximum Gasteiger partial charge on any atom is 0.216 e. The zero-order valence-electron chi connectivity index (χ0n) is 30.7. The minimum absolute atomic E-state index is 0. The van der Waals surface area contributed by atoms with Crippen LogP contribution >= 0.6 is 0 Å². The Labute approximate surface area is 317 Å². The van der Waals surface area contributed by atoms with E-state index in [1.807, 2.05) is 30.3 Å². The van der Waals surface area contributed by atoms with E-state index in [0.717, 1.165) is 68.2 Å². The van der Waals surface area contributed by atoms with Gasteiger partial charge in [-0.1, -0.05) is 94.7 Å². The van der Waals surface area contributed by atoms with Crippen LogP contribution in [0.1, 0.15) is 70.1 Å². The Morgan fingerprint density at radius 1 is 0.882 bits per heavy atom. The van der Waals surface area contributed by atoms with Crippen molar-refractivity contribution in [1.29, 1.82) is 0 Å². The number of hydrogen-bond acceptors (Lipinski definition) is 4. The standard InChI is InChI=1S/C23H20N3O.C21H28NSi.Ir/c1-4-26-20-8-6-5-7-19(20)24-22(26)15-9-12-21-17(13-15)16-10-11-18(14(2)3)25-23(16)27-21;1-23(2,3)21-16-22-20(18-12-8-5-9-13-18)15-19(21)14-17-10-6-4-7-11-17;/h5-8,10-14H,4H2,1-3H3;5,8-9,12,15-17H,4,6-7,10-11,14H2,1-3H3;/q2*-1;. The van der Waals surface area contributed by atoms with Crippen LogP contribution in [0, 0.1) is 18.1 Å². The Balaban J connectivity index is 0.000000175. The molecule has 1 radical (unpaired) electrons. The minimum atomic E-state index is -1.36. The summed E-state index contributed by atoms with van der Waals surface area (Å²) in [5, 5.41) is 3.63. The van der Waals surface area contributed by atoms with Crippen molar-refractivity contribution in [2.24, 2.45) is 5.92 Å². The molecule has 1 aliphatic carbocycles. The number of aryl methyl sites for hydroxylation is 1. The van der Waals surface area contributed by atoms with Crippen molar-refractivity contribution < 1.29 is 24.5 Å². The van der Waals surface area contributed by atoms with Gasteiger partial charge in [0.15, 0.2) is 0 Å². The van der Waals surface area contributed by atoms with Crippen LogP contribution in [0.15, 0.2) is 89.5 Å². The van der Waals surface area contributed by atoms with Gasteiger partial charge in [0.2, 0.25) is 5.71 Å². The quantitative estimate of drug-likeness (QED) is 0.118. The Morgan fingerprint density at radius 2 is 1.67 bits per heavy atom. The summed E-state index contributed by atoms with van der Waals surface area (Å²) in [6.07, 6.45) is 10.5. The third-order valence-electron chi connectivity index (χ3n) is 10.1. The fourth-order valence-electron chi connectivity index (χ4n) is 7.41. The number of pyridine rings is 2. The van der Waals surface area contributed by atoms with Gasteiger partial charge >= 0.3 is 0 Å². The summed E-state index contributed by atoms with van der Waals surface area (Å²) in [4.78, 5) is 14.3. The number of benzene rings is 3. The van der Waals surface area contributed by atoms with Crippen LogP contribution in [0.5, 0.6) is 0 Å². The molecule has 0 unspecified atom stereocenters. The molecule has 0 saturated heterocycles. The van der Waals surface area contributed by atoms with E-state index in [1.165, 1.54) is 38.5 Å². The number of furan rings is 1. The molecule has 8 rings (SSSR count). The molecule has 7 heteroatoms. The molecule has 265 valence electrons. The number of nitrogens with zero attached hydrogens (tertiary/aromatic N) is 4. The molecule has 4 aromatic heterocycles. The molecule has 5 nitrogen and oxygen atoms in total. The van der Waals surface area contributed by atoms with Crippen molar-refractivity contribution in [1.82, 2.24) is 19.5 Å². The summed E-state index contributed by atoms with van der Waals surface area (Å²) >= 11 is 0. The molecule has 3 aromatic carbocycles. The Morgan fingerprint density at radius 3 is 2.39 bits per heavy atom. The molecule has 51 heavy (non-hydrogen) atoms. The monoisotopic (exact) mass is 869 g/mol. The van der Waals surface area contributed by atoms with Gasteiger partial charge in [0, 0.05) is 43.9 Å². The van der Waals surface area contributed by atoms with Gasteiger partial charge in [-0.25, -0.2) is 4.98 Å². The average Bonchev–Trinajstić information content (AvgIpc) is 3.69. The third-order valence-corrected chi connectivity index (χ3v) is 12.2. The Hall–Kier alpha value is -3.90. The zero-order chi connectivity index (χ0) is 34.8. The Bertz CT molecular complexity index is 2240. The summed E-state index contributed by atoms with van der Waals surface area (Å²) in [6, 6.07) is 33.7. The van der Waals surface area contributed by atoms with Crippen LogP contribution in [0.4, 0.5) is 0 Å². The SMILES string of the molecule is CCn1c(-c2[c-]cc3oc4nc(C(C)C)ccc4c3c2)nc2ccccc21.C[Si](C)(C)c1cnc(-c2[c-]cccc2)cc1CC1CCCCC1.[Ir]. The molecule has 0 bridgehead atoms. The molecule has 0 amide bonds. The summed E-state index contributed by atoms with van der Waals surface area (Å²) in [5.74, 6) is 2.17. The van der Waals surface area contributed by atoms with Crippen molar-refractivity contribution in [2.75, 3.05) is 0 Å². The maximum absolute atomic E-state index is 5.98. The van der Waals surface area contributed by atoms with E-state index in [0.29, 0.717) is 11.6 Å². The van der Waals surface area contributed by atoms with Crippen LogP contribution in [0.25, 0.3) is 55.7 Å². The molecule has 0 spiro atoms. The second kappa shape index (κ2) is 15.8. The van der Waals surface area contributed by atoms with Gasteiger partial charge in [-0.3, -0.25) is 4.98 Å². The first-order valence-electron chi connectivity index (χ1n) is 18.4. The van der Waals surface area contributed by atoms with Crippen LogP contribution in [-0.4, -0.2) is 27.6 Å². The molecule has 0 aliphatic heterocycles. The summed E-state index contributed by atoms with van der Waals surface area (Å²) in [7, 11) is -1.36. The fraction of sp³-hybridized carbons (Fsp3) is 0.341. The maximum atomic E-state index is 5.98. The number of para-hydroxylation sites is 2. The van der Waals surface area contributed by atoms with Gasteiger partial charge in [0.25, 0.3) is 0 Å². The zero-order valence-corrected chi connectivity index (χ0v) is 34.1. The largest absolute Gasteiger partial charge is 0.486 e. The summed E-state index contributed by atoms with van der Waals surface area (Å²) < 4.78 is 8.21. The van der Waals surface area contributed by atoms with Crippen LogP contribution in [-0.2, 0) is 33.1 Å². The molecule has 1 fully saturated rings. The molecule has 0 N–H and O–H groups in total. The smallest absolute Gasteiger partial charge is 0.216 e. The third kappa shape index (κ3) is 7.96. The number of fused-ring (bicyclic) bond motifs is 4. The van der Waals surface area contributed by atoms with Crippen molar-refractivity contribution in [3.05, 3.63) is 108 Å². The first kappa shape index (κ1) is 36.9. The predicted octanol–water partition coefficient (Wildman–Crippen LogP) is 11.2. The van der Waals surface area contributed by atoms with E-state index in [2.05, 4.69) is 117 Å². The fourth-order valence-corrected chi connectivity index (χ4v) is 9.00. The number of aromatic nitrogens is 4. The van der Waals surface area contributed by atoms with Gasteiger partial charge in [-0.2, -0.15) is 0 Å². The first-order valence-corrected chi connectivity index (χ1v) is 21.9. The molecular weight excluding hydrogens is 821 g/mol. The van der Waals surface area contributed by atoms with Gasteiger partial charge in [-0.15, -0.1) is 59.7 Å². The van der Waals surface area contributed by atoms with Crippen LogP contribution in [0.3, 0.4) is 0 Å². The molecule has 0 atom stereocenters. The Kier molecular flexibility index (Phi) is 11.4. The number of hydrogen-bond donors (Lipinski definition) is 0. The van der Waals surface area contributed by atoms with Crippen molar-refractivity contribution >= 4 is 46.4 Å². The summed E-state index contributed by atoms with van der Waals surface area (Å²) in [6.45, 7) is 14.6. The predicted molar refractivity (Wildman–Crippen MR) is 211 cm³/mol. The van der Waals surface area contributed by atoms with Crippen molar-refractivity contribution in [3.63, 3.8) is 0 Å². The van der Waals surface area contributed by atoms with E-state index >= 15 is 0 Å². The average molecular weight is 869 g/mol. The van der Waals surface area contributed by atoms with Gasteiger partial charge < -0.3 is 14.0 Å². The van der Waals surface area contributed by atoms with Gasteiger partial charge in [-0.05, 0) is 60.3 Å². The van der Waals surface area contributed by atoms with Crippen LogP contribution < -0.4 is 5.19 Å². The molecule has 7 aromatic rings. The van der Waals surface area contributed by atoms with E-state index in [-0.39, 0.29) is 20.1 Å². The second-order valence-electron chi connectivity index (χ2n) is 15.1. The molecule has 1 saturated carbocycles. The van der Waals surface area contributed by atoms with Gasteiger partial charge in [0.05, 0.1) is 30.5 Å². The number of imidazole rings is 1. The molecule has 4 heterocycles. The topological polar surface area (TPSA) is 56.7 Å². The van der Waals surface area contributed by atoms with Gasteiger partial charge in [0.1, 0.15) is 0 Å². The van der Waals surface area contributed by atoms with Crippen molar-refractivity contribution in [2.45, 2.75) is 91.4 Å². The summed E-state index contributed by atoms with van der Waals surface area (Å²) in [5.41, 5.74) is 9.39. The van der Waals surface area contributed by atoms with E-state index in [9.17, 15) is 0 Å². The van der Waals surface area contributed by atoms with Crippen molar-refractivity contribution in [3.8, 4) is 22.6 Å². The van der Waals surface area contributed by atoms with E-state index in [4.69, 9.17) is 14.4 Å². The second-order valence-corrected chi connectivity index (χ2v) is 20.1. The normalized spacial score (nSPS) is 13.8. The van der Waals surface area contributed by atoms with E-state index in [1.54, 1.807) is 10.8 Å². The molecular formula is C44H48IrN4OSi-2. The first-order chi connectivity index (χ1) is 24.2. The van der Waals surface area contributed by atoms with E-state index < -0.39 is 8.07 Å². The van der Waals surface area contributed by atoms with Crippen LogP contribution in [0.2, 0.25) is 19.6 Å². The number of rotatable bonds is 7. The minimum Gasteiger partial charge on any atom is -0.486 e. The molecule has 1 aliphatic rings.